The SMILES string of the molecule is C#CC1C[C@](C)(c2ccc(C(F)(F)F)cc2)Nc2nc3c(c(=O)n21)CN(C(=O)c1c(F)cccc1F)CC3. The first-order valence-corrected chi connectivity index (χ1v) is 11.7. The average molecular weight is 528 g/mol. The number of rotatable bonds is 2. The number of alkyl halides is 3. The van der Waals surface area contributed by atoms with Crippen molar-refractivity contribution >= 4 is 11.9 Å². The lowest BCUT2D eigenvalue weighted by Gasteiger charge is -2.41. The number of aromatic nitrogens is 2. The van der Waals surface area contributed by atoms with Gasteiger partial charge in [-0.05, 0) is 36.8 Å². The third-order valence-electron chi connectivity index (χ3n) is 7.07. The Morgan fingerprint density at radius 2 is 1.82 bits per heavy atom. The summed E-state index contributed by atoms with van der Waals surface area (Å²) in [7, 11) is 0. The third-order valence-corrected chi connectivity index (χ3v) is 7.07. The van der Waals surface area contributed by atoms with E-state index in [1.54, 1.807) is 6.92 Å². The van der Waals surface area contributed by atoms with E-state index in [1.165, 1.54) is 21.6 Å². The predicted molar refractivity (Wildman–Crippen MR) is 128 cm³/mol. The first-order chi connectivity index (χ1) is 17.9. The van der Waals surface area contributed by atoms with E-state index in [4.69, 9.17) is 6.42 Å². The molecular formula is C27H21F5N4O2. The van der Waals surface area contributed by atoms with Crippen molar-refractivity contribution in [1.29, 1.82) is 0 Å². The molecule has 0 radical (unpaired) electrons. The topological polar surface area (TPSA) is 67.2 Å². The van der Waals surface area contributed by atoms with Gasteiger partial charge in [0.25, 0.3) is 11.5 Å². The molecule has 1 N–H and O–H groups in total. The molecule has 1 amide bonds. The molecule has 0 fully saturated rings. The summed E-state index contributed by atoms with van der Waals surface area (Å²) in [5.74, 6) is -0.155. The van der Waals surface area contributed by atoms with Crippen LogP contribution in [-0.2, 0) is 24.7 Å². The Morgan fingerprint density at radius 3 is 2.42 bits per heavy atom. The molecule has 2 aliphatic heterocycles. The zero-order valence-corrected chi connectivity index (χ0v) is 20.1. The van der Waals surface area contributed by atoms with Crippen LogP contribution < -0.4 is 10.9 Å². The van der Waals surface area contributed by atoms with Crippen molar-refractivity contribution in [3.05, 3.63) is 92.4 Å². The highest BCUT2D eigenvalue weighted by Gasteiger charge is 2.40. The Kier molecular flexibility index (Phi) is 6.01. The fourth-order valence-electron chi connectivity index (χ4n) is 5.03. The molecule has 0 bridgehead atoms. The largest absolute Gasteiger partial charge is 0.416 e. The van der Waals surface area contributed by atoms with Gasteiger partial charge in [-0.3, -0.25) is 14.2 Å². The lowest BCUT2D eigenvalue weighted by Crippen LogP contribution is -2.48. The van der Waals surface area contributed by atoms with E-state index in [2.05, 4.69) is 16.2 Å². The number of nitrogens with one attached hydrogen (secondary N) is 1. The summed E-state index contributed by atoms with van der Waals surface area (Å²) >= 11 is 0. The molecule has 0 saturated heterocycles. The highest BCUT2D eigenvalue weighted by atomic mass is 19.4. The second kappa shape index (κ2) is 8.97. The molecule has 0 saturated carbocycles. The van der Waals surface area contributed by atoms with Crippen molar-refractivity contribution < 1.29 is 26.7 Å². The van der Waals surface area contributed by atoms with Crippen LogP contribution in [0.2, 0.25) is 0 Å². The zero-order valence-electron chi connectivity index (χ0n) is 20.1. The van der Waals surface area contributed by atoms with Gasteiger partial charge in [0.15, 0.2) is 0 Å². The number of anilines is 1. The Hall–Kier alpha value is -4.20. The quantitative estimate of drug-likeness (QED) is 0.389. The first kappa shape index (κ1) is 25.4. The first-order valence-electron chi connectivity index (χ1n) is 11.7. The van der Waals surface area contributed by atoms with Crippen LogP contribution in [0.4, 0.5) is 27.9 Å². The van der Waals surface area contributed by atoms with Crippen LogP contribution in [0.15, 0.2) is 47.3 Å². The monoisotopic (exact) mass is 528 g/mol. The number of nitrogens with zero attached hydrogens (tertiary/aromatic N) is 3. The molecular weight excluding hydrogens is 507 g/mol. The van der Waals surface area contributed by atoms with E-state index in [1.807, 2.05) is 0 Å². The number of carbonyl (C=O) groups is 1. The van der Waals surface area contributed by atoms with E-state index in [-0.39, 0.29) is 37.4 Å². The number of terminal acetylenes is 1. The lowest BCUT2D eigenvalue weighted by atomic mass is 9.83. The second-order valence-electron chi connectivity index (χ2n) is 9.53. The molecule has 3 aromatic rings. The van der Waals surface area contributed by atoms with Crippen molar-refractivity contribution in [2.75, 3.05) is 11.9 Å². The van der Waals surface area contributed by atoms with Gasteiger partial charge < -0.3 is 10.2 Å². The normalized spacial score (nSPS) is 20.7. The molecule has 2 aliphatic rings. The van der Waals surface area contributed by atoms with Crippen molar-refractivity contribution in [2.45, 2.75) is 44.1 Å². The van der Waals surface area contributed by atoms with Gasteiger partial charge in [-0.1, -0.05) is 24.1 Å². The van der Waals surface area contributed by atoms with Crippen molar-refractivity contribution in [3.63, 3.8) is 0 Å². The number of halogens is 5. The van der Waals surface area contributed by atoms with Gasteiger partial charge in [0, 0.05) is 19.4 Å². The van der Waals surface area contributed by atoms with Crippen LogP contribution in [0, 0.1) is 24.0 Å². The van der Waals surface area contributed by atoms with Crippen LogP contribution in [0.5, 0.6) is 0 Å². The summed E-state index contributed by atoms with van der Waals surface area (Å²) in [5.41, 5.74) is -1.78. The molecule has 5 rings (SSSR count). The molecule has 196 valence electrons. The number of benzene rings is 2. The van der Waals surface area contributed by atoms with Crippen LogP contribution in [0.1, 0.15) is 52.1 Å². The maximum atomic E-state index is 14.2. The predicted octanol–water partition coefficient (Wildman–Crippen LogP) is 4.64. The Bertz CT molecular complexity index is 1520. The Morgan fingerprint density at radius 1 is 1.16 bits per heavy atom. The minimum absolute atomic E-state index is 0.0737. The minimum Gasteiger partial charge on any atom is -0.346 e. The van der Waals surface area contributed by atoms with Crippen LogP contribution in [-0.4, -0.2) is 26.9 Å². The van der Waals surface area contributed by atoms with Crippen LogP contribution in [0.3, 0.4) is 0 Å². The molecule has 38 heavy (non-hydrogen) atoms. The summed E-state index contributed by atoms with van der Waals surface area (Å²) in [6, 6.07) is 7.02. The van der Waals surface area contributed by atoms with Gasteiger partial charge in [-0.2, -0.15) is 13.2 Å². The van der Waals surface area contributed by atoms with Gasteiger partial charge in [-0.15, -0.1) is 6.42 Å². The summed E-state index contributed by atoms with van der Waals surface area (Å²) < 4.78 is 68.8. The van der Waals surface area contributed by atoms with Gasteiger partial charge in [0.2, 0.25) is 5.95 Å². The zero-order chi connectivity index (χ0) is 27.4. The fourth-order valence-corrected chi connectivity index (χ4v) is 5.03. The van der Waals surface area contributed by atoms with E-state index >= 15 is 0 Å². The Labute approximate surface area is 214 Å². The van der Waals surface area contributed by atoms with Crippen LogP contribution in [0.25, 0.3) is 0 Å². The molecule has 1 unspecified atom stereocenters. The number of hydrogen-bond acceptors (Lipinski definition) is 4. The summed E-state index contributed by atoms with van der Waals surface area (Å²) in [5, 5.41) is 3.17. The van der Waals surface area contributed by atoms with Crippen molar-refractivity contribution in [2.24, 2.45) is 0 Å². The molecule has 2 aromatic carbocycles. The minimum atomic E-state index is -4.48. The van der Waals surface area contributed by atoms with Crippen molar-refractivity contribution in [1.82, 2.24) is 14.5 Å². The number of hydrogen-bond donors (Lipinski definition) is 1. The number of fused-ring (bicyclic) bond motifs is 2. The van der Waals surface area contributed by atoms with Gasteiger partial charge in [0.05, 0.1) is 28.9 Å². The lowest BCUT2D eigenvalue weighted by molar-refractivity contribution is -0.137. The summed E-state index contributed by atoms with van der Waals surface area (Å²) in [4.78, 5) is 32.2. The van der Waals surface area contributed by atoms with E-state index in [9.17, 15) is 31.5 Å². The summed E-state index contributed by atoms with van der Waals surface area (Å²) in [6.07, 6.45) is 1.61. The molecule has 0 spiro atoms. The maximum absolute atomic E-state index is 14.2. The fraction of sp³-hybridized carbons (Fsp3) is 0.296. The molecule has 11 heteroatoms. The molecule has 3 heterocycles. The molecule has 0 aliphatic carbocycles. The average Bonchev–Trinajstić information content (AvgIpc) is 2.87. The standard InChI is InChI=1S/C27H21F5N4O2/c1-3-17-13-26(2,15-7-9-16(10-8-15)27(30,31)32)34-25-33-21-11-12-35(14-18(21)23(37)36(17)25)24(38)22-19(28)5-4-6-20(22)29/h1,4-10,17H,11-14H2,2H3,(H,33,34)/t17?,26-/m1/s1. The smallest absolute Gasteiger partial charge is 0.346 e. The number of carbonyl (C=O) groups excluding carboxylic acids is 1. The van der Waals surface area contributed by atoms with Gasteiger partial charge >= 0.3 is 6.18 Å². The maximum Gasteiger partial charge on any atom is 0.416 e. The van der Waals surface area contributed by atoms with Gasteiger partial charge in [-0.25, -0.2) is 13.8 Å². The Balaban J connectivity index is 1.49. The van der Waals surface area contributed by atoms with E-state index in [0.717, 1.165) is 30.3 Å². The van der Waals surface area contributed by atoms with Crippen LogP contribution >= 0.6 is 0 Å². The number of amides is 1. The highest BCUT2D eigenvalue weighted by molar-refractivity contribution is 5.94. The second-order valence-corrected chi connectivity index (χ2v) is 9.53. The van der Waals surface area contributed by atoms with Crippen molar-refractivity contribution in [3.8, 4) is 12.3 Å². The third kappa shape index (κ3) is 4.20. The highest BCUT2D eigenvalue weighted by Crippen LogP contribution is 2.40. The molecule has 1 aromatic heterocycles. The summed E-state index contributed by atoms with van der Waals surface area (Å²) in [6.45, 7) is 1.63. The van der Waals surface area contributed by atoms with E-state index in [0.29, 0.717) is 11.3 Å². The van der Waals surface area contributed by atoms with E-state index < -0.39 is 52.0 Å². The van der Waals surface area contributed by atoms with Gasteiger partial charge in [0.1, 0.15) is 23.2 Å². The molecule has 6 nitrogen and oxygen atoms in total. The molecule has 2 atom stereocenters.